The van der Waals surface area contributed by atoms with Crippen LogP contribution in [0.4, 0.5) is 0 Å². The molecule has 0 unspecified atom stereocenters. The topological polar surface area (TPSA) is 39.4 Å². The maximum atomic E-state index is 11.6. The molecular weight excluding hydrogens is 319 g/mol. The summed E-state index contributed by atoms with van der Waals surface area (Å²) in [5.74, 6) is -0.158. The zero-order valence-electron chi connectivity index (χ0n) is 8.99. The summed E-state index contributed by atoms with van der Waals surface area (Å²) in [6.45, 7) is 3.62. The summed E-state index contributed by atoms with van der Waals surface area (Å²) in [6, 6.07) is 7.48. The first-order chi connectivity index (χ1) is 7.58. The largest absolute Gasteiger partial charge is 0.457 e. The summed E-state index contributed by atoms with van der Waals surface area (Å²) < 4.78 is 11.5. The lowest BCUT2D eigenvalue weighted by Crippen LogP contribution is -2.10. The molecule has 0 fully saturated rings. The van der Waals surface area contributed by atoms with E-state index < -0.39 is 5.97 Å². The summed E-state index contributed by atoms with van der Waals surface area (Å²) >= 11 is 2.17. The van der Waals surface area contributed by atoms with E-state index in [1.807, 2.05) is 32.0 Å². The molecule has 1 aromatic carbocycles. The van der Waals surface area contributed by atoms with Crippen LogP contribution >= 0.6 is 22.6 Å². The average molecular weight is 330 g/mol. The third-order valence-electron chi connectivity index (χ3n) is 2.04. The molecule has 4 heteroatoms. The van der Waals surface area contributed by atoms with Gasteiger partial charge in [0, 0.05) is 5.39 Å². The van der Waals surface area contributed by atoms with E-state index in [0.29, 0.717) is 0 Å². The number of ether oxygens (including phenoxy) is 1. The number of hydrogen-bond acceptors (Lipinski definition) is 3. The number of carbonyl (C=O) groups is 1. The normalized spacial score (nSPS) is 11.0. The Labute approximate surface area is 107 Å². The third-order valence-corrected chi connectivity index (χ3v) is 2.89. The number of benzene rings is 1. The van der Waals surface area contributed by atoms with Crippen LogP contribution in [0.5, 0.6) is 0 Å². The van der Waals surface area contributed by atoms with Crippen molar-refractivity contribution in [3.63, 3.8) is 0 Å². The molecule has 0 radical (unpaired) electrons. The van der Waals surface area contributed by atoms with Crippen LogP contribution in [0.2, 0.25) is 0 Å². The lowest BCUT2D eigenvalue weighted by Gasteiger charge is -2.04. The summed E-state index contributed by atoms with van der Waals surface area (Å²) in [4.78, 5) is 11.6. The molecule has 0 atom stereocenters. The molecule has 0 amide bonds. The average Bonchev–Trinajstić information content (AvgIpc) is 2.61. The Morgan fingerprint density at radius 2 is 2.19 bits per heavy atom. The Bertz CT molecular complexity index is 528. The van der Waals surface area contributed by atoms with Crippen molar-refractivity contribution in [3.8, 4) is 0 Å². The van der Waals surface area contributed by atoms with Gasteiger partial charge in [0.05, 0.1) is 9.67 Å². The van der Waals surface area contributed by atoms with Crippen LogP contribution in [0, 0.1) is 3.57 Å². The van der Waals surface area contributed by atoms with Gasteiger partial charge in [0.25, 0.3) is 0 Å². The van der Waals surface area contributed by atoms with Gasteiger partial charge < -0.3 is 9.15 Å². The monoisotopic (exact) mass is 330 g/mol. The predicted octanol–water partition coefficient (Wildman–Crippen LogP) is 3.60. The zero-order valence-corrected chi connectivity index (χ0v) is 11.1. The second-order valence-electron chi connectivity index (χ2n) is 3.72. The van der Waals surface area contributed by atoms with Crippen molar-refractivity contribution in [3.05, 3.63) is 33.6 Å². The quantitative estimate of drug-likeness (QED) is 0.624. The summed E-state index contributed by atoms with van der Waals surface area (Å²) in [7, 11) is 0. The van der Waals surface area contributed by atoms with E-state index in [-0.39, 0.29) is 11.9 Å². The highest BCUT2D eigenvalue weighted by atomic mass is 127. The molecule has 16 heavy (non-hydrogen) atoms. The molecule has 0 bridgehead atoms. The van der Waals surface area contributed by atoms with Crippen molar-refractivity contribution in [2.75, 3.05) is 0 Å². The minimum absolute atomic E-state index is 0.139. The van der Waals surface area contributed by atoms with E-state index in [0.717, 1.165) is 14.5 Å². The standard InChI is InChI=1S/C12H11IO3/c1-7(2)15-12(14)10-6-8-4-3-5-9(13)11(8)16-10/h3-7H,1-2H3. The van der Waals surface area contributed by atoms with Crippen LogP contribution in [0.1, 0.15) is 24.4 Å². The lowest BCUT2D eigenvalue weighted by molar-refractivity contribution is 0.0344. The van der Waals surface area contributed by atoms with Gasteiger partial charge in [0.1, 0.15) is 5.58 Å². The number of furan rings is 1. The fourth-order valence-electron chi connectivity index (χ4n) is 1.40. The van der Waals surface area contributed by atoms with Gasteiger partial charge in [0.15, 0.2) is 0 Å². The minimum atomic E-state index is -0.415. The smallest absolute Gasteiger partial charge is 0.374 e. The Balaban J connectivity index is 2.40. The number of fused-ring (bicyclic) bond motifs is 1. The molecule has 1 heterocycles. The number of halogens is 1. The molecular formula is C12H11IO3. The van der Waals surface area contributed by atoms with Gasteiger partial charge in [-0.3, -0.25) is 0 Å². The van der Waals surface area contributed by atoms with Crippen LogP contribution in [0.3, 0.4) is 0 Å². The SMILES string of the molecule is CC(C)OC(=O)c1cc2cccc(I)c2o1. The molecule has 0 saturated heterocycles. The van der Waals surface area contributed by atoms with E-state index in [4.69, 9.17) is 9.15 Å². The highest BCUT2D eigenvalue weighted by molar-refractivity contribution is 14.1. The Morgan fingerprint density at radius 3 is 2.81 bits per heavy atom. The van der Waals surface area contributed by atoms with Crippen molar-refractivity contribution in [1.82, 2.24) is 0 Å². The van der Waals surface area contributed by atoms with E-state index >= 15 is 0 Å². The van der Waals surface area contributed by atoms with Crippen LogP contribution in [-0.4, -0.2) is 12.1 Å². The van der Waals surface area contributed by atoms with Crippen LogP contribution < -0.4 is 0 Å². The molecule has 0 aliphatic heterocycles. The molecule has 0 aliphatic rings. The second kappa shape index (κ2) is 4.45. The van der Waals surface area contributed by atoms with E-state index in [1.165, 1.54) is 0 Å². The number of rotatable bonds is 2. The van der Waals surface area contributed by atoms with Gasteiger partial charge in [-0.05, 0) is 48.6 Å². The van der Waals surface area contributed by atoms with E-state index in [2.05, 4.69) is 22.6 Å². The highest BCUT2D eigenvalue weighted by Crippen LogP contribution is 2.24. The summed E-state index contributed by atoms with van der Waals surface area (Å²) in [6.07, 6.45) is -0.139. The van der Waals surface area contributed by atoms with Crippen LogP contribution in [-0.2, 0) is 4.74 Å². The number of carbonyl (C=O) groups excluding carboxylic acids is 1. The predicted molar refractivity (Wildman–Crippen MR) is 69.5 cm³/mol. The molecule has 0 N–H and O–H groups in total. The van der Waals surface area contributed by atoms with E-state index in [1.54, 1.807) is 6.07 Å². The third kappa shape index (κ3) is 2.21. The Morgan fingerprint density at radius 1 is 1.44 bits per heavy atom. The minimum Gasteiger partial charge on any atom is -0.457 e. The molecule has 2 rings (SSSR count). The van der Waals surface area contributed by atoms with Gasteiger partial charge >= 0.3 is 5.97 Å². The fraction of sp³-hybridized carbons (Fsp3) is 0.250. The van der Waals surface area contributed by atoms with E-state index in [9.17, 15) is 4.79 Å². The van der Waals surface area contributed by atoms with Crippen molar-refractivity contribution in [1.29, 1.82) is 0 Å². The first kappa shape index (κ1) is 11.4. The van der Waals surface area contributed by atoms with Gasteiger partial charge in [-0.1, -0.05) is 12.1 Å². The molecule has 0 aliphatic carbocycles. The van der Waals surface area contributed by atoms with Gasteiger partial charge in [0.2, 0.25) is 5.76 Å². The summed E-state index contributed by atoms with van der Waals surface area (Å²) in [5.41, 5.74) is 0.735. The Hall–Kier alpha value is -1.04. The molecule has 3 nitrogen and oxygen atoms in total. The molecule has 2 aromatic rings. The Kier molecular flexibility index (Phi) is 3.18. The molecule has 0 saturated carbocycles. The van der Waals surface area contributed by atoms with Crippen molar-refractivity contribution >= 4 is 39.5 Å². The fourth-order valence-corrected chi connectivity index (χ4v) is 2.03. The van der Waals surface area contributed by atoms with Crippen molar-refractivity contribution in [2.24, 2.45) is 0 Å². The van der Waals surface area contributed by atoms with Crippen molar-refractivity contribution < 1.29 is 13.9 Å². The maximum Gasteiger partial charge on any atom is 0.374 e. The van der Waals surface area contributed by atoms with Gasteiger partial charge in [-0.15, -0.1) is 0 Å². The number of hydrogen-bond donors (Lipinski definition) is 0. The lowest BCUT2D eigenvalue weighted by atomic mass is 10.2. The van der Waals surface area contributed by atoms with Crippen molar-refractivity contribution in [2.45, 2.75) is 20.0 Å². The highest BCUT2D eigenvalue weighted by Gasteiger charge is 2.15. The van der Waals surface area contributed by atoms with Gasteiger partial charge in [-0.2, -0.15) is 0 Å². The van der Waals surface area contributed by atoms with Crippen LogP contribution in [0.15, 0.2) is 28.7 Å². The summed E-state index contributed by atoms with van der Waals surface area (Å²) in [5, 5.41) is 0.919. The first-order valence-corrected chi connectivity index (χ1v) is 6.05. The molecule has 84 valence electrons. The first-order valence-electron chi connectivity index (χ1n) is 4.97. The second-order valence-corrected chi connectivity index (χ2v) is 4.89. The van der Waals surface area contributed by atoms with Crippen LogP contribution in [0.25, 0.3) is 11.0 Å². The maximum absolute atomic E-state index is 11.6. The zero-order chi connectivity index (χ0) is 11.7. The molecule has 0 spiro atoms. The molecule has 1 aromatic heterocycles. The number of esters is 1. The van der Waals surface area contributed by atoms with Gasteiger partial charge in [-0.25, -0.2) is 4.79 Å². The number of para-hydroxylation sites is 1.